The van der Waals surface area contributed by atoms with Crippen LogP contribution in [0.5, 0.6) is 0 Å². The van der Waals surface area contributed by atoms with Crippen molar-refractivity contribution in [3.05, 3.63) is 77.1 Å². The monoisotopic (exact) mass is 336 g/mol. The SMILES string of the molecule is O=C(c1ccc2cnccc2c1)N1CCC[C@H]1c1ccc(Cl)cc1. The van der Waals surface area contributed by atoms with Crippen molar-refractivity contribution in [2.75, 3.05) is 6.54 Å². The van der Waals surface area contributed by atoms with Gasteiger partial charge in [-0.15, -0.1) is 0 Å². The van der Waals surface area contributed by atoms with E-state index >= 15 is 0 Å². The predicted molar refractivity (Wildman–Crippen MR) is 96.2 cm³/mol. The molecule has 1 aliphatic heterocycles. The third-order valence-corrected chi connectivity index (χ3v) is 4.91. The Hall–Kier alpha value is -2.39. The lowest BCUT2D eigenvalue weighted by atomic mass is 10.0. The summed E-state index contributed by atoms with van der Waals surface area (Å²) in [5.41, 5.74) is 1.88. The lowest BCUT2D eigenvalue weighted by Gasteiger charge is -2.25. The topological polar surface area (TPSA) is 33.2 Å². The van der Waals surface area contributed by atoms with Crippen LogP contribution in [-0.2, 0) is 0 Å². The molecular formula is C20H17ClN2O. The van der Waals surface area contributed by atoms with E-state index in [-0.39, 0.29) is 11.9 Å². The van der Waals surface area contributed by atoms with Crippen LogP contribution in [0.1, 0.15) is 34.8 Å². The summed E-state index contributed by atoms with van der Waals surface area (Å²) >= 11 is 5.98. The van der Waals surface area contributed by atoms with Crippen LogP contribution in [0.15, 0.2) is 60.9 Å². The summed E-state index contributed by atoms with van der Waals surface area (Å²) in [6.45, 7) is 0.792. The molecule has 1 amide bonds. The Labute approximate surface area is 145 Å². The summed E-state index contributed by atoms with van der Waals surface area (Å²) in [5, 5.41) is 2.81. The number of amides is 1. The van der Waals surface area contributed by atoms with E-state index in [1.807, 2.05) is 59.6 Å². The summed E-state index contributed by atoms with van der Waals surface area (Å²) < 4.78 is 0. The van der Waals surface area contributed by atoms with Gasteiger partial charge in [0.1, 0.15) is 0 Å². The molecular weight excluding hydrogens is 320 g/mol. The number of likely N-dealkylation sites (tertiary alicyclic amines) is 1. The van der Waals surface area contributed by atoms with Gasteiger partial charge in [-0.05, 0) is 54.1 Å². The first-order valence-electron chi connectivity index (χ1n) is 8.12. The number of carbonyl (C=O) groups is 1. The fraction of sp³-hybridized carbons (Fsp3) is 0.200. The van der Waals surface area contributed by atoms with Crippen molar-refractivity contribution in [3.63, 3.8) is 0 Å². The summed E-state index contributed by atoms with van der Waals surface area (Å²) in [6, 6.07) is 15.7. The third-order valence-electron chi connectivity index (χ3n) is 4.66. The Morgan fingerprint density at radius 3 is 2.75 bits per heavy atom. The molecule has 1 aliphatic rings. The summed E-state index contributed by atoms with van der Waals surface area (Å²) in [4.78, 5) is 19.1. The summed E-state index contributed by atoms with van der Waals surface area (Å²) in [6.07, 6.45) is 5.58. The standard InChI is InChI=1S/C20H17ClN2O/c21-18-7-5-14(6-8-18)19-2-1-11-23(19)20(24)16-3-4-17-13-22-10-9-15(17)12-16/h3-10,12-13,19H,1-2,11H2/t19-/m0/s1. The van der Waals surface area contributed by atoms with Crippen LogP contribution in [0.25, 0.3) is 10.8 Å². The second kappa shape index (κ2) is 6.25. The first-order valence-corrected chi connectivity index (χ1v) is 8.50. The van der Waals surface area contributed by atoms with E-state index in [0.717, 1.165) is 46.3 Å². The quantitative estimate of drug-likeness (QED) is 0.669. The third kappa shape index (κ3) is 2.76. The van der Waals surface area contributed by atoms with Gasteiger partial charge in [-0.1, -0.05) is 29.8 Å². The largest absolute Gasteiger partial charge is 0.332 e. The van der Waals surface area contributed by atoms with Gasteiger partial charge in [-0.25, -0.2) is 0 Å². The molecule has 4 rings (SSSR count). The molecule has 0 radical (unpaired) electrons. The molecule has 120 valence electrons. The number of aromatic nitrogens is 1. The van der Waals surface area contributed by atoms with Crippen molar-refractivity contribution in [1.82, 2.24) is 9.88 Å². The lowest BCUT2D eigenvalue weighted by molar-refractivity contribution is 0.0736. The summed E-state index contributed by atoms with van der Waals surface area (Å²) in [7, 11) is 0. The van der Waals surface area contributed by atoms with Gasteiger partial charge in [0, 0.05) is 34.9 Å². The predicted octanol–water partition coefficient (Wildman–Crippen LogP) is 4.87. The van der Waals surface area contributed by atoms with Gasteiger partial charge < -0.3 is 4.90 Å². The molecule has 0 spiro atoms. The molecule has 3 nitrogen and oxygen atoms in total. The first kappa shape index (κ1) is 15.2. The molecule has 1 atom stereocenters. The van der Waals surface area contributed by atoms with Gasteiger partial charge in [0.2, 0.25) is 0 Å². The van der Waals surface area contributed by atoms with Crippen LogP contribution in [0, 0.1) is 0 Å². The molecule has 0 aliphatic carbocycles. The van der Waals surface area contributed by atoms with Crippen molar-refractivity contribution < 1.29 is 4.79 Å². The molecule has 1 aromatic heterocycles. The van der Waals surface area contributed by atoms with Crippen LogP contribution >= 0.6 is 11.6 Å². The molecule has 0 saturated carbocycles. The second-order valence-electron chi connectivity index (χ2n) is 6.15. The van der Waals surface area contributed by atoms with E-state index in [1.54, 1.807) is 6.20 Å². The highest BCUT2D eigenvalue weighted by atomic mass is 35.5. The molecule has 2 heterocycles. The maximum atomic E-state index is 13.0. The molecule has 0 unspecified atom stereocenters. The molecule has 0 N–H and O–H groups in total. The number of benzene rings is 2. The van der Waals surface area contributed by atoms with Crippen LogP contribution in [0.3, 0.4) is 0 Å². The number of nitrogens with zero attached hydrogens (tertiary/aromatic N) is 2. The van der Waals surface area contributed by atoms with E-state index in [1.165, 1.54) is 0 Å². The van der Waals surface area contributed by atoms with Crippen molar-refractivity contribution in [1.29, 1.82) is 0 Å². The normalized spacial score (nSPS) is 17.4. The minimum Gasteiger partial charge on any atom is -0.332 e. The average Bonchev–Trinajstić information content (AvgIpc) is 3.11. The highest BCUT2D eigenvalue weighted by Gasteiger charge is 2.30. The van der Waals surface area contributed by atoms with Gasteiger partial charge in [0.15, 0.2) is 0 Å². The Kier molecular flexibility index (Phi) is 3.95. The zero-order chi connectivity index (χ0) is 16.5. The van der Waals surface area contributed by atoms with Crippen LogP contribution in [0.4, 0.5) is 0 Å². The zero-order valence-corrected chi connectivity index (χ0v) is 13.9. The van der Waals surface area contributed by atoms with Crippen molar-refractivity contribution in [2.24, 2.45) is 0 Å². The molecule has 4 heteroatoms. The Morgan fingerprint density at radius 2 is 1.92 bits per heavy atom. The van der Waals surface area contributed by atoms with E-state index in [0.29, 0.717) is 0 Å². The molecule has 0 bridgehead atoms. The van der Waals surface area contributed by atoms with Crippen LogP contribution in [0.2, 0.25) is 5.02 Å². The first-order chi connectivity index (χ1) is 11.7. The van der Waals surface area contributed by atoms with Crippen molar-refractivity contribution in [3.8, 4) is 0 Å². The maximum absolute atomic E-state index is 13.0. The number of carbonyl (C=O) groups excluding carboxylic acids is 1. The Morgan fingerprint density at radius 1 is 1.08 bits per heavy atom. The van der Waals surface area contributed by atoms with Crippen LogP contribution < -0.4 is 0 Å². The molecule has 1 fully saturated rings. The highest BCUT2D eigenvalue weighted by Crippen LogP contribution is 2.34. The van der Waals surface area contributed by atoms with Gasteiger partial charge in [0.05, 0.1) is 6.04 Å². The van der Waals surface area contributed by atoms with Gasteiger partial charge in [0.25, 0.3) is 5.91 Å². The molecule has 2 aromatic carbocycles. The Bertz CT molecular complexity index is 892. The number of hydrogen-bond donors (Lipinski definition) is 0. The number of halogens is 1. The van der Waals surface area contributed by atoms with Gasteiger partial charge >= 0.3 is 0 Å². The number of hydrogen-bond acceptors (Lipinski definition) is 2. The zero-order valence-electron chi connectivity index (χ0n) is 13.2. The lowest BCUT2D eigenvalue weighted by Crippen LogP contribution is -2.30. The van der Waals surface area contributed by atoms with E-state index in [2.05, 4.69) is 4.98 Å². The second-order valence-corrected chi connectivity index (χ2v) is 6.58. The highest BCUT2D eigenvalue weighted by molar-refractivity contribution is 6.30. The van der Waals surface area contributed by atoms with E-state index in [9.17, 15) is 4.79 Å². The molecule has 1 saturated heterocycles. The minimum atomic E-state index is 0.0890. The summed E-state index contributed by atoms with van der Waals surface area (Å²) in [5.74, 6) is 0.0890. The smallest absolute Gasteiger partial charge is 0.254 e. The average molecular weight is 337 g/mol. The van der Waals surface area contributed by atoms with Crippen LogP contribution in [-0.4, -0.2) is 22.3 Å². The number of fused-ring (bicyclic) bond motifs is 1. The molecule has 24 heavy (non-hydrogen) atoms. The van der Waals surface area contributed by atoms with Crippen molar-refractivity contribution in [2.45, 2.75) is 18.9 Å². The fourth-order valence-corrected chi connectivity index (χ4v) is 3.55. The fourth-order valence-electron chi connectivity index (χ4n) is 3.42. The maximum Gasteiger partial charge on any atom is 0.254 e. The van der Waals surface area contributed by atoms with Gasteiger partial charge in [-0.2, -0.15) is 0 Å². The van der Waals surface area contributed by atoms with E-state index in [4.69, 9.17) is 11.6 Å². The van der Waals surface area contributed by atoms with Gasteiger partial charge in [-0.3, -0.25) is 9.78 Å². The number of pyridine rings is 1. The molecule has 3 aromatic rings. The van der Waals surface area contributed by atoms with Crippen molar-refractivity contribution >= 4 is 28.3 Å². The van der Waals surface area contributed by atoms with E-state index < -0.39 is 0 Å². The Balaban J connectivity index is 1.65. The minimum absolute atomic E-state index is 0.0890. The number of rotatable bonds is 2.